The van der Waals surface area contributed by atoms with Crippen molar-refractivity contribution in [3.63, 3.8) is 0 Å². The first-order chi connectivity index (χ1) is 14.8. The monoisotopic (exact) mass is 548 g/mol. The van der Waals surface area contributed by atoms with Gasteiger partial charge in [0.15, 0.2) is 0 Å². The van der Waals surface area contributed by atoms with Gasteiger partial charge in [0.1, 0.15) is 0 Å². The fourth-order valence-corrected chi connectivity index (χ4v) is 8.99. The van der Waals surface area contributed by atoms with Crippen molar-refractivity contribution in [1.82, 2.24) is 0 Å². The van der Waals surface area contributed by atoms with E-state index in [2.05, 4.69) is 122 Å². The van der Waals surface area contributed by atoms with E-state index in [1.54, 1.807) is 0 Å². The molecule has 0 radical (unpaired) electrons. The van der Waals surface area contributed by atoms with Crippen LogP contribution in [0.25, 0.3) is 0 Å². The quantitative estimate of drug-likeness (QED) is 0.160. The fourth-order valence-electron chi connectivity index (χ4n) is 3.88. The second-order valence-electron chi connectivity index (χ2n) is 8.63. The molecule has 2 aromatic rings. The van der Waals surface area contributed by atoms with E-state index in [1.807, 2.05) is 4.08 Å². The molecule has 5 heteroatoms. The molecule has 3 nitrogen and oxygen atoms in total. The number of allylic oxidation sites excluding steroid dienone is 1. The van der Waals surface area contributed by atoms with Crippen LogP contribution in [0.5, 0.6) is 0 Å². The van der Waals surface area contributed by atoms with Gasteiger partial charge in [-0.05, 0) is 38.8 Å². The van der Waals surface area contributed by atoms with Crippen LogP contribution < -0.4 is 10.4 Å². The fraction of sp³-hybridized carbons (Fsp3) is 0.346. The van der Waals surface area contributed by atoms with Gasteiger partial charge in [-0.15, -0.1) is 0 Å². The van der Waals surface area contributed by atoms with E-state index < -0.39 is 14.3 Å². The Morgan fingerprint density at radius 2 is 1.58 bits per heavy atom. The van der Waals surface area contributed by atoms with Crippen LogP contribution in [0, 0.1) is 0 Å². The minimum absolute atomic E-state index is 0.0565. The molecule has 0 aromatic heterocycles. The van der Waals surface area contributed by atoms with Gasteiger partial charge in [-0.1, -0.05) is 122 Å². The van der Waals surface area contributed by atoms with Crippen LogP contribution in [0.15, 0.2) is 83.0 Å². The molecule has 31 heavy (non-hydrogen) atoms. The minimum atomic E-state index is -2.61. The number of benzene rings is 2. The van der Waals surface area contributed by atoms with Gasteiger partial charge >= 0.3 is 5.97 Å². The lowest BCUT2D eigenvalue weighted by Gasteiger charge is -2.44. The number of carboxylic acids is 1. The molecule has 1 atom stereocenters. The van der Waals surface area contributed by atoms with Gasteiger partial charge in [-0.2, -0.15) is 0 Å². The van der Waals surface area contributed by atoms with Crippen LogP contribution >= 0.6 is 22.6 Å². The number of aliphatic carboxylic acids is 1. The molecule has 0 saturated carbocycles. The summed E-state index contributed by atoms with van der Waals surface area (Å²) in [5.74, 6) is -0.742. The van der Waals surface area contributed by atoms with Crippen LogP contribution in [0.3, 0.4) is 0 Å². The third-order valence-corrected chi connectivity index (χ3v) is 10.8. The number of hydrogen-bond acceptors (Lipinski definition) is 2. The first-order valence-electron chi connectivity index (χ1n) is 10.7. The Labute approximate surface area is 201 Å². The van der Waals surface area contributed by atoms with Crippen molar-refractivity contribution in [3.8, 4) is 0 Å². The molecule has 0 fully saturated rings. The zero-order valence-electron chi connectivity index (χ0n) is 18.6. The Morgan fingerprint density at radius 1 is 1.03 bits per heavy atom. The zero-order valence-corrected chi connectivity index (χ0v) is 21.8. The van der Waals surface area contributed by atoms with Gasteiger partial charge in [0, 0.05) is 6.42 Å². The summed E-state index contributed by atoms with van der Waals surface area (Å²) in [5, 5.41) is 11.3. The number of carbonyl (C=O) groups is 1. The predicted octanol–water partition coefficient (Wildman–Crippen LogP) is 6.08. The zero-order chi connectivity index (χ0) is 22.7. The Morgan fingerprint density at radius 3 is 2.03 bits per heavy atom. The molecular formula is C26H33IO3Si. The second kappa shape index (κ2) is 12.4. The summed E-state index contributed by atoms with van der Waals surface area (Å²) < 4.78 is 9.19. The summed E-state index contributed by atoms with van der Waals surface area (Å²) in [6.45, 7) is 6.85. The molecule has 0 spiro atoms. The number of rotatable bonds is 11. The largest absolute Gasteiger partial charge is 0.481 e. The lowest BCUT2D eigenvalue weighted by molar-refractivity contribution is -0.137. The first kappa shape index (κ1) is 25.6. The van der Waals surface area contributed by atoms with Gasteiger partial charge in [0.2, 0.25) is 0 Å². The van der Waals surface area contributed by atoms with Crippen LogP contribution in [0.4, 0.5) is 0 Å². The Balaban J connectivity index is 2.38. The molecule has 0 amide bonds. The average molecular weight is 549 g/mol. The number of hydrogen-bond donors (Lipinski definition) is 1. The second-order valence-corrected chi connectivity index (χ2v) is 13.6. The van der Waals surface area contributed by atoms with Crippen molar-refractivity contribution in [3.05, 3.63) is 83.0 Å². The van der Waals surface area contributed by atoms with Gasteiger partial charge in [-0.25, -0.2) is 0 Å². The maximum absolute atomic E-state index is 10.7. The molecule has 2 aromatic carbocycles. The topological polar surface area (TPSA) is 46.5 Å². The molecule has 0 heterocycles. The molecule has 0 aliphatic heterocycles. The molecule has 0 aliphatic rings. The number of carboxylic acid groups (broad SMARTS) is 1. The molecular weight excluding hydrogens is 515 g/mol. The Hall–Kier alpha value is -1.70. The normalized spacial score (nSPS) is 13.7. The summed E-state index contributed by atoms with van der Waals surface area (Å²) in [5.41, 5.74) is 0. The summed E-state index contributed by atoms with van der Waals surface area (Å²) in [6, 6.07) is 21.3. The summed E-state index contributed by atoms with van der Waals surface area (Å²) in [4.78, 5) is 10.7. The molecule has 0 aliphatic carbocycles. The summed E-state index contributed by atoms with van der Waals surface area (Å²) >= 11 is 2.25. The highest BCUT2D eigenvalue weighted by atomic mass is 127. The van der Waals surface area contributed by atoms with Crippen molar-refractivity contribution in [1.29, 1.82) is 0 Å². The maximum atomic E-state index is 10.7. The van der Waals surface area contributed by atoms with Gasteiger partial charge in [0.05, 0.1) is 6.10 Å². The third kappa shape index (κ3) is 7.15. The van der Waals surface area contributed by atoms with Crippen LogP contribution in [-0.2, 0) is 9.22 Å². The van der Waals surface area contributed by atoms with E-state index in [4.69, 9.17) is 9.53 Å². The van der Waals surface area contributed by atoms with E-state index in [0.717, 1.165) is 12.8 Å². The van der Waals surface area contributed by atoms with Gasteiger partial charge < -0.3 is 9.53 Å². The average Bonchev–Trinajstić information content (AvgIpc) is 2.74. The lowest BCUT2D eigenvalue weighted by atomic mass is 10.2. The third-order valence-electron chi connectivity index (χ3n) is 5.33. The van der Waals surface area contributed by atoms with E-state index >= 15 is 0 Å². The summed E-state index contributed by atoms with van der Waals surface area (Å²) in [7, 11) is -2.61. The van der Waals surface area contributed by atoms with Crippen molar-refractivity contribution in [2.75, 3.05) is 0 Å². The van der Waals surface area contributed by atoms with Gasteiger partial charge in [0.25, 0.3) is 8.32 Å². The number of unbranched alkanes of at least 4 members (excludes halogenated alkanes) is 1. The van der Waals surface area contributed by atoms with Gasteiger partial charge in [-0.3, -0.25) is 4.79 Å². The van der Waals surface area contributed by atoms with Crippen LogP contribution in [0.1, 0.15) is 46.5 Å². The van der Waals surface area contributed by atoms with Crippen LogP contribution in [-0.4, -0.2) is 25.5 Å². The van der Waals surface area contributed by atoms with E-state index in [1.165, 1.54) is 10.4 Å². The first-order valence-corrected chi connectivity index (χ1v) is 13.9. The van der Waals surface area contributed by atoms with Crippen molar-refractivity contribution in [2.45, 2.75) is 57.6 Å². The highest BCUT2D eigenvalue weighted by Crippen LogP contribution is 2.38. The minimum Gasteiger partial charge on any atom is -0.481 e. The Bertz CT molecular complexity index is 818. The molecule has 1 N–H and O–H groups in total. The lowest BCUT2D eigenvalue weighted by Crippen LogP contribution is -2.67. The molecule has 166 valence electrons. The SMILES string of the molecule is CC(C)(C)[Si](O[C@@H](/C=C/I)C/C=C\CCCC(=O)O)(c1ccccc1)c1ccccc1. The summed E-state index contributed by atoms with van der Waals surface area (Å²) in [6.07, 6.45) is 8.67. The van der Waals surface area contributed by atoms with Crippen molar-refractivity contribution >= 4 is 47.3 Å². The predicted molar refractivity (Wildman–Crippen MR) is 141 cm³/mol. The standard InChI is InChI=1S/C26H33IO3Si/c1-26(2,3)31(23-15-9-6-10-16-23,24-17-11-7-12-18-24)30-22(20-21-27)14-8-4-5-13-19-25(28)29/h4,6-12,15-18,20-22H,5,13-14,19H2,1-3H3,(H,28,29)/b8-4-,21-20+/t22-/m1/s1. The van der Waals surface area contributed by atoms with Crippen molar-refractivity contribution < 1.29 is 14.3 Å². The Kier molecular flexibility index (Phi) is 10.2. The molecule has 0 bridgehead atoms. The highest BCUT2D eigenvalue weighted by molar-refractivity contribution is 14.1. The van der Waals surface area contributed by atoms with Crippen molar-refractivity contribution in [2.24, 2.45) is 0 Å². The number of halogens is 1. The molecule has 0 unspecified atom stereocenters. The molecule has 2 rings (SSSR count). The van der Waals surface area contributed by atoms with E-state index in [-0.39, 0.29) is 17.6 Å². The smallest absolute Gasteiger partial charge is 0.303 e. The van der Waals surface area contributed by atoms with Crippen LogP contribution in [0.2, 0.25) is 5.04 Å². The molecule has 0 saturated heterocycles. The van der Waals surface area contributed by atoms with E-state index in [9.17, 15) is 4.79 Å². The maximum Gasteiger partial charge on any atom is 0.303 e. The highest BCUT2D eigenvalue weighted by Gasteiger charge is 2.51. The van der Waals surface area contributed by atoms with E-state index in [0.29, 0.717) is 6.42 Å².